The summed E-state index contributed by atoms with van der Waals surface area (Å²) >= 11 is 10.1. The quantitative estimate of drug-likeness (QED) is 0.449. The minimum absolute atomic E-state index is 0.0196. The number of nitrogens with zero attached hydrogens (tertiary/aromatic N) is 2. The van der Waals surface area contributed by atoms with E-state index in [-0.39, 0.29) is 18.2 Å². The number of thiocarbonyl (C=S) groups is 1. The molecule has 28 heavy (non-hydrogen) atoms. The van der Waals surface area contributed by atoms with E-state index in [4.69, 9.17) is 12.2 Å². The van der Waals surface area contributed by atoms with E-state index in [1.807, 2.05) is 60.7 Å². The second-order valence-electron chi connectivity index (χ2n) is 6.37. The normalized spacial score (nSPS) is 15.4. The molecule has 1 saturated heterocycles. The van der Waals surface area contributed by atoms with Crippen LogP contribution in [0.4, 0.5) is 0 Å². The number of benzene rings is 2. The lowest BCUT2D eigenvalue weighted by Crippen LogP contribution is -2.34. The lowest BCUT2D eigenvalue weighted by atomic mass is 10.2. The molecule has 0 aromatic heterocycles. The van der Waals surface area contributed by atoms with Gasteiger partial charge in [-0.1, -0.05) is 82.4 Å². The van der Waals surface area contributed by atoms with E-state index in [1.54, 1.807) is 11.9 Å². The summed E-state index contributed by atoms with van der Waals surface area (Å²) in [5.74, 6) is -0.164. The van der Waals surface area contributed by atoms with Crippen molar-refractivity contribution in [2.75, 3.05) is 13.6 Å². The highest BCUT2D eigenvalue weighted by atomic mass is 79.9. The van der Waals surface area contributed by atoms with Gasteiger partial charge in [0, 0.05) is 31.0 Å². The van der Waals surface area contributed by atoms with Crippen molar-refractivity contribution in [2.24, 2.45) is 0 Å². The van der Waals surface area contributed by atoms with Gasteiger partial charge in [-0.3, -0.25) is 14.5 Å². The molecule has 1 fully saturated rings. The fourth-order valence-corrected chi connectivity index (χ4v) is 4.51. The van der Waals surface area contributed by atoms with Crippen molar-refractivity contribution in [2.45, 2.75) is 13.0 Å². The molecule has 0 radical (unpaired) electrons. The largest absolute Gasteiger partial charge is 0.341 e. The second-order valence-corrected chi connectivity index (χ2v) is 8.97. The van der Waals surface area contributed by atoms with Gasteiger partial charge >= 0.3 is 0 Å². The van der Waals surface area contributed by atoms with Gasteiger partial charge < -0.3 is 4.90 Å². The fraction of sp³-hybridized carbons (Fsp3) is 0.190. The Hall–Kier alpha value is -1.96. The summed E-state index contributed by atoms with van der Waals surface area (Å²) in [5, 5.41) is 0. The molecule has 3 rings (SSSR count). The lowest BCUT2D eigenvalue weighted by molar-refractivity contribution is -0.131. The van der Waals surface area contributed by atoms with Gasteiger partial charge in [0.2, 0.25) is 5.91 Å². The highest BCUT2D eigenvalue weighted by molar-refractivity contribution is 9.10. The first-order valence-electron chi connectivity index (χ1n) is 8.73. The Morgan fingerprint density at radius 1 is 1.21 bits per heavy atom. The van der Waals surface area contributed by atoms with Gasteiger partial charge in [0.05, 0.1) is 4.91 Å². The third kappa shape index (κ3) is 5.31. The molecule has 0 spiro atoms. The fourth-order valence-electron chi connectivity index (χ4n) is 2.78. The van der Waals surface area contributed by atoms with Gasteiger partial charge in [0.1, 0.15) is 4.32 Å². The number of carbonyl (C=O) groups is 2. The first-order chi connectivity index (χ1) is 13.4. The average molecular weight is 475 g/mol. The molecule has 2 aromatic carbocycles. The molecular weight excluding hydrogens is 456 g/mol. The number of carbonyl (C=O) groups excluding carboxylic acids is 2. The summed E-state index contributed by atoms with van der Waals surface area (Å²) in [4.78, 5) is 28.9. The number of thioether (sulfide) groups is 1. The van der Waals surface area contributed by atoms with E-state index < -0.39 is 0 Å². The summed E-state index contributed by atoms with van der Waals surface area (Å²) in [6.07, 6.45) is 2.06. The molecule has 4 nitrogen and oxygen atoms in total. The van der Waals surface area contributed by atoms with Crippen molar-refractivity contribution >= 4 is 62.1 Å². The highest BCUT2D eigenvalue weighted by Gasteiger charge is 2.32. The van der Waals surface area contributed by atoms with E-state index in [9.17, 15) is 9.59 Å². The maximum atomic E-state index is 12.7. The smallest absolute Gasteiger partial charge is 0.266 e. The van der Waals surface area contributed by atoms with Gasteiger partial charge in [0.15, 0.2) is 0 Å². The van der Waals surface area contributed by atoms with Crippen molar-refractivity contribution in [1.29, 1.82) is 0 Å². The molecule has 1 heterocycles. The predicted molar refractivity (Wildman–Crippen MR) is 122 cm³/mol. The number of halogens is 1. The first-order valence-corrected chi connectivity index (χ1v) is 10.7. The van der Waals surface area contributed by atoms with Crippen LogP contribution in [0.25, 0.3) is 6.08 Å². The summed E-state index contributed by atoms with van der Waals surface area (Å²) in [7, 11) is 1.77. The SMILES string of the molecule is CN(Cc1ccccc1)C(=O)CCN1C(=O)C(=Cc2cccc(Br)c2)SC1=S. The third-order valence-electron chi connectivity index (χ3n) is 4.26. The highest BCUT2D eigenvalue weighted by Crippen LogP contribution is 2.33. The summed E-state index contributed by atoms with van der Waals surface area (Å²) in [6, 6.07) is 17.5. The molecule has 0 atom stereocenters. The Morgan fingerprint density at radius 2 is 1.96 bits per heavy atom. The van der Waals surface area contributed by atoms with Crippen LogP contribution in [0.5, 0.6) is 0 Å². The maximum Gasteiger partial charge on any atom is 0.266 e. The van der Waals surface area contributed by atoms with Crippen molar-refractivity contribution in [3.05, 3.63) is 75.1 Å². The number of hydrogen-bond acceptors (Lipinski definition) is 4. The second kappa shape index (κ2) is 9.49. The molecule has 0 bridgehead atoms. The van der Waals surface area contributed by atoms with Crippen molar-refractivity contribution in [3.63, 3.8) is 0 Å². The average Bonchev–Trinajstić information content (AvgIpc) is 2.93. The van der Waals surface area contributed by atoms with Crippen LogP contribution in [0.3, 0.4) is 0 Å². The van der Waals surface area contributed by atoms with Gasteiger partial charge in [-0.2, -0.15) is 0 Å². The van der Waals surface area contributed by atoms with E-state index in [0.29, 0.717) is 22.3 Å². The Kier molecular flexibility index (Phi) is 7.04. The molecule has 7 heteroatoms. The lowest BCUT2D eigenvalue weighted by Gasteiger charge is -2.19. The van der Waals surface area contributed by atoms with Gasteiger partial charge in [-0.05, 0) is 29.3 Å². The molecule has 0 aliphatic carbocycles. The van der Waals surface area contributed by atoms with Crippen LogP contribution in [-0.4, -0.2) is 39.5 Å². The van der Waals surface area contributed by atoms with Gasteiger partial charge in [-0.15, -0.1) is 0 Å². The zero-order valence-corrected chi connectivity index (χ0v) is 18.5. The molecule has 1 aliphatic rings. The number of rotatable bonds is 6. The molecule has 1 aliphatic heterocycles. The van der Waals surface area contributed by atoms with Crippen LogP contribution >= 0.6 is 39.9 Å². The van der Waals surface area contributed by atoms with Crippen LogP contribution in [0.15, 0.2) is 64.0 Å². The molecule has 0 unspecified atom stereocenters. The molecule has 2 aromatic rings. The monoisotopic (exact) mass is 474 g/mol. The molecule has 2 amide bonds. The molecule has 144 valence electrons. The van der Waals surface area contributed by atoms with Crippen LogP contribution in [0, 0.1) is 0 Å². The van der Waals surface area contributed by atoms with Crippen molar-refractivity contribution in [1.82, 2.24) is 9.80 Å². The topological polar surface area (TPSA) is 40.6 Å². The van der Waals surface area contributed by atoms with Crippen LogP contribution in [-0.2, 0) is 16.1 Å². The van der Waals surface area contributed by atoms with E-state index in [2.05, 4.69) is 15.9 Å². The molecule has 0 saturated carbocycles. The Bertz CT molecular complexity index is 931. The van der Waals surface area contributed by atoms with E-state index in [0.717, 1.165) is 15.6 Å². The maximum absolute atomic E-state index is 12.7. The van der Waals surface area contributed by atoms with Crippen LogP contribution in [0.2, 0.25) is 0 Å². The zero-order chi connectivity index (χ0) is 20.1. The minimum Gasteiger partial charge on any atom is -0.341 e. The molecule has 0 N–H and O–H groups in total. The van der Waals surface area contributed by atoms with Crippen LogP contribution < -0.4 is 0 Å². The third-order valence-corrected chi connectivity index (χ3v) is 6.13. The minimum atomic E-state index is -0.145. The number of hydrogen-bond donors (Lipinski definition) is 0. The summed E-state index contributed by atoms with van der Waals surface area (Å²) < 4.78 is 1.44. The predicted octanol–water partition coefficient (Wildman–Crippen LogP) is 4.70. The van der Waals surface area contributed by atoms with Crippen molar-refractivity contribution in [3.8, 4) is 0 Å². The Balaban J connectivity index is 1.59. The Labute approximate surface area is 182 Å². The Morgan fingerprint density at radius 3 is 2.68 bits per heavy atom. The molecular formula is C21H19BrN2O2S2. The van der Waals surface area contributed by atoms with Crippen LogP contribution in [0.1, 0.15) is 17.5 Å². The first kappa shape index (κ1) is 20.8. The standard InChI is InChI=1S/C21H19BrN2O2S2/c1-23(14-15-6-3-2-4-7-15)19(25)10-11-24-20(26)18(28-21(24)27)13-16-8-5-9-17(22)12-16/h2-9,12-13H,10-11,14H2,1H3. The van der Waals surface area contributed by atoms with Crippen molar-refractivity contribution < 1.29 is 9.59 Å². The summed E-state index contributed by atoms with van der Waals surface area (Å²) in [5.41, 5.74) is 1.99. The number of amides is 2. The van der Waals surface area contributed by atoms with Gasteiger partial charge in [0.25, 0.3) is 5.91 Å². The summed E-state index contributed by atoms with van der Waals surface area (Å²) in [6.45, 7) is 0.833. The zero-order valence-electron chi connectivity index (χ0n) is 15.3. The van der Waals surface area contributed by atoms with Gasteiger partial charge in [-0.25, -0.2) is 0 Å². The van der Waals surface area contributed by atoms with E-state index in [1.165, 1.54) is 16.7 Å². The van der Waals surface area contributed by atoms with E-state index >= 15 is 0 Å².